The fourth-order valence-electron chi connectivity index (χ4n) is 2.95. The van der Waals surface area contributed by atoms with Gasteiger partial charge in [-0.05, 0) is 38.0 Å². The molecule has 0 aliphatic heterocycles. The fraction of sp³-hybridized carbons (Fsp3) is 0.600. The number of nitrogens with zero attached hydrogens (tertiary/aromatic N) is 1. The van der Waals surface area contributed by atoms with Gasteiger partial charge in [0.25, 0.3) is 0 Å². The number of nitrogens with two attached hydrogens (primary N) is 1. The van der Waals surface area contributed by atoms with E-state index < -0.39 is 0 Å². The lowest BCUT2D eigenvalue weighted by Crippen LogP contribution is -2.44. The van der Waals surface area contributed by atoms with Gasteiger partial charge < -0.3 is 10.6 Å². The number of rotatable bonds is 4. The van der Waals surface area contributed by atoms with Gasteiger partial charge in [0.15, 0.2) is 0 Å². The molecule has 0 saturated heterocycles. The maximum atomic E-state index is 13.3. The Labute approximate surface area is 109 Å². The summed E-state index contributed by atoms with van der Waals surface area (Å²) in [4.78, 5) is 2.23. The third-order valence-corrected chi connectivity index (χ3v) is 4.27. The van der Waals surface area contributed by atoms with Crippen molar-refractivity contribution in [2.24, 2.45) is 11.1 Å². The molecule has 1 aromatic rings. The summed E-state index contributed by atoms with van der Waals surface area (Å²) < 4.78 is 13.3. The first-order valence-corrected chi connectivity index (χ1v) is 6.81. The maximum absolute atomic E-state index is 13.3. The first-order valence-electron chi connectivity index (χ1n) is 6.81. The second-order valence-electron chi connectivity index (χ2n) is 5.65. The second-order valence-corrected chi connectivity index (χ2v) is 5.65. The predicted molar refractivity (Wildman–Crippen MR) is 74.2 cm³/mol. The van der Waals surface area contributed by atoms with Gasteiger partial charge in [-0.15, -0.1) is 0 Å². The Kier molecular flexibility index (Phi) is 3.91. The van der Waals surface area contributed by atoms with E-state index in [1.54, 1.807) is 12.1 Å². The molecule has 2 atom stereocenters. The molecule has 2 unspecified atom stereocenters. The van der Waals surface area contributed by atoms with E-state index in [0.29, 0.717) is 0 Å². The summed E-state index contributed by atoms with van der Waals surface area (Å²) in [6.07, 6.45) is 3.48. The van der Waals surface area contributed by atoms with Crippen LogP contribution in [0.1, 0.15) is 33.1 Å². The molecule has 3 heteroatoms. The topological polar surface area (TPSA) is 29.3 Å². The summed E-state index contributed by atoms with van der Waals surface area (Å²) in [6, 6.07) is 7.09. The average molecular weight is 250 g/mol. The van der Waals surface area contributed by atoms with Crippen molar-refractivity contribution in [3.8, 4) is 0 Å². The van der Waals surface area contributed by atoms with Crippen LogP contribution in [0.5, 0.6) is 0 Å². The van der Waals surface area contributed by atoms with Gasteiger partial charge >= 0.3 is 0 Å². The van der Waals surface area contributed by atoms with Gasteiger partial charge in [-0.2, -0.15) is 0 Å². The standard InChI is InChI=1S/C15H23FN2/c1-3-18(13-7-4-6-12(16)10-13)11-15(2)9-5-8-14(15)17/h4,6-7,10,14H,3,5,8-9,11,17H2,1-2H3. The van der Waals surface area contributed by atoms with Crippen LogP contribution in [0.2, 0.25) is 0 Å². The Morgan fingerprint density at radius 1 is 1.50 bits per heavy atom. The van der Waals surface area contributed by atoms with Gasteiger partial charge in [0, 0.05) is 30.2 Å². The molecule has 0 spiro atoms. The summed E-state index contributed by atoms with van der Waals surface area (Å²) in [5.74, 6) is -0.174. The van der Waals surface area contributed by atoms with Crippen LogP contribution in [-0.2, 0) is 0 Å². The molecular weight excluding hydrogens is 227 g/mol. The number of hydrogen-bond donors (Lipinski definition) is 1. The largest absolute Gasteiger partial charge is 0.371 e. The smallest absolute Gasteiger partial charge is 0.125 e. The summed E-state index contributed by atoms with van der Waals surface area (Å²) in [6.45, 7) is 6.15. The molecule has 0 heterocycles. The van der Waals surface area contributed by atoms with Crippen LogP contribution in [-0.4, -0.2) is 19.1 Å². The summed E-state index contributed by atoms with van der Waals surface area (Å²) >= 11 is 0. The lowest BCUT2D eigenvalue weighted by Gasteiger charge is -2.36. The summed E-state index contributed by atoms with van der Waals surface area (Å²) in [5.41, 5.74) is 7.33. The maximum Gasteiger partial charge on any atom is 0.125 e. The Balaban J connectivity index is 2.15. The van der Waals surface area contributed by atoms with Gasteiger partial charge in [-0.3, -0.25) is 0 Å². The van der Waals surface area contributed by atoms with E-state index in [1.807, 2.05) is 6.07 Å². The van der Waals surface area contributed by atoms with Crippen molar-refractivity contribution in [1.82, 2.24) is 0 Å². The van der Waals surface area contributed by atoms with Gasteiger partial charge in [0.05, 0.1) is 0 Å². The molecule has 2 nitrogen and oxygen atoms in total. The number of hydrogen-bond acceptors (Lipinski definition) is 2. The predicted octanol–water partition coefficient (Wildman–Crippen LogP) is 3.17. The van der Waals surface area contributed by atoms with E-state index in [2.05, 4.69) is 18.7 Å². The highest BCUT2D eigenvalue weighted by atomic mass is 19.1. The Morgan fingerprint density at radius 2 is 2.28 bits per heavy atom. The van der Waals surface area contributed by atoms with Crippen molar-refractivity contribution in [2.45, 2.75) is 39.2 Å². The Hall–Kier alpha value is -1.09. The zero-order valence-electron chi connectivity index (χ0n) is 11.3. The minimum atomic E-state index is -0.174. The molecule has 1 aliphatic rings. The van der Waals surface area contributed by atoms with Gasteiger partial charge in [-0.1, -0.05) is 19.4 Å². The Bertz CT molecular complexity index is 407. The molecule has 0 bridgehead atoms. The lowest BCUT2D eigenvalue weighted by atomic mass is 9.84. The molecule has 0 aromatic heterocycles. The van der Waals surface area contributed by atoms with Crippen molar-refractivity contribution in [3.63, 3.8) is 0 Å². The molecule has 0 radical (unpaired) electrons. The quantitative estimate of drug-likeness (QED) is 0.889. The van der Waals surface area contributed by atoms with Crippen LogP contribution < -0.4 is 10.6 Å². The molecule has 1 aliphatic carbocycles. The summed E-state index contributed by atoms with van der Waals surface area (Å²) in [5, 5.41) is 0. The minimum Gasteiger partial charge on any atom is -0.371 e. The third-order valence-electron chi connectivity index (χ3n) is 4.27. The van der Waals surface area contributed by atoms with Crippen molar-refractivity contribution in [2.75, 3.05) is 18.0 Å². The monoisotopic (exact) mass is 250 g/mol. The molecule has 2 rings (SSSR count). The molecule has 0 amide bonds. The van der Waals surface area contributed by atoms with E-state index in [-0.39, 0.29) is 17.3 Å². The second kappa shape index (κ2) is 5.27. The zero-order chi connectivity index (χ0) is 13.2. The first-order chi connectivity index (χ1) is 8.55. The molecule has 1 aromatic carbocycles. The van der Waals surface area contributed by atoms with E-state index in [4.69, 9.17) is 5.73 Å². The van der Waals surface area contributed by atoms with Crippen LogP contribution >= 0.6 is 0 Å². The van der Waals surface area contributed by atoms with Crippen LogP contribution in [0.15, 0.2) is 24.3 Å². The summed E-state index contributed by atoms with van der Waals surface area (Å²) in [7, 11) is 0. The van der Waals surface area contributed by atoms with Crippen LogP contribution in [0.3, 0.4) is 0 Å². The molecule has 2 N–H and O–H groups in total. The van der Waals surface area contributed by atoms with Crippen molar-refractivity contribution < 1.29 is 4.39 Å². The van der Waals surface area contributed by atoms with E-state index in [9.17, 15) is 4.39 Å². The van der Waals surface area contributed by atoms with Crippen molar-refractivity contribution in [3.05, 3.63) is 30.1 Å². The van der Waals surface area contributed by atoms with E-state index in [0.717, 1.165) is 25.2 Å². The molecule has 1 saturated carbocycles. The molecule has 1 fully saturated rings. The highest BCUT2D eigenvalue weighted by Gasteiger charge is 2.37. The molecule has 100 valence electrons. The fourth-order valence-corrected chi connectivity index (χ4v) is 2.95. The Morgan fingerprint density at radius 3 is 2.83 bits per heavy atom. The van der Waals surface area contributed by atoms with Crippen molar-refractivity contribution in [1.29, 1.82) is 0 Å². The minimum absolute atomic E-state index is 0.155. The molecule has 18 heavy (non-hydrogen) atoms. The highest BCUT2D eigenvalue weighted by molar-refractivity contribution is 5.46. The first kappa shape index (κ1) is 13.3. The SMILES string of the molecule is CCN(CC1(C)CCCC1N)c1cccc(F)c1. The van der Waals surface area contributed by atoms with Gasteiger partial charge in [0.2, 0.25) is 0 Å². The van der Waals surface area contributed by atoms with Crippen LogP contribution in [0.4, 0.5) is 10.1 Å². The number of halogens is 1. The number of benzene rings is 1. The van der Waals surface area contributed by atoms with Gasteiger partial charge in [-0.25, -0.2) is 4.39 Å². The zero-order valence-corrected chi connectivity index (χ0v) is 11.3. The highest BCUT2D eigenvalue weighted by Crippen LogP contribution is 2.38. The lowest BCUT2D eigenvalue weighted by molar-refractivity contribution is 0.297. The van der Waals surface area contributed by atoms with Crippen LogP contribution in [0.25, 0.3) is 0 Å². The number of anilines is 1. The molecular formula is C15H23FN2. The van der Waals surface area contributed by atoms with E-state index >= 15 is 0 Å². The van der Waals surface area contributed by atoms with E-state index in [1.165, 1.54) is 18.9 Å². The average Bonchev–Trinajstić information content (AvgIpc) is 2.67. The van der Waals surface area contributed by atoms with Gasteiger partial charge in [0.1, 0.15) is 5.82 Å². The van der Waals surface area contributed by atoms with Crippen molar-refractivity contribution >= 4 is 5.69 Å². The normalized spacial score (nSPS) is 27.4. The third kappa shape index (κ3) is 2.66. The van der Waals surface area contributed by atoms with Crippen LogP contribution in [0, 0.1) is 11.2 Å².